The maximum atomic E-state index is 10.8. The molecule has 0 aromatic rings. The van der Waals surface area contributed by atoms with Crippen molar-refractivity contribution in [2.75, 3.05) is 12.3 Å². The Hall–Kier alpha value is -0.130. The van der Waals surface area contributed by atoms with Gasteiger partial charge in [0.05, 0.1) is 11.9 Å². The molecule has 68 valence electrons. The number of aliphatic hydroxyl groups is 1. The van der Waals surface area contributed by atoms with E-state index in [0.29, 0.717) is 6.42 Å². The van der Waals surface area contributed by atoms with Crippen molar-refractivity contribution in [2.45, 2.75) is 26.4 Å². The first kappa shape index (κ1) is 10.9. The van der Waals surface area contributed by atoms with Crippen LogP contribution in [0.5, 0.6) is 0 Å². The number of sulfonamides is 1. The molecule has 1 unspecified atom stereocenters. The minimum Gasteiger partial charge on any atom is -0.392 e. The minimum atomic E-state index is -3.13. The lowest BCUT2D eigenvalue weighted by atomic mass is 10.3. The molecule has 0 aromatic heterocycles. The van der Waals surface area contributed by atoms with E-state index in [0.717, 1.165) is 0 Å². The average molecular weight is 181 g/mol. The molecule has 5 heteroatoms. The summed E-state index contributed by atoms with van der Waals surface area (Å²) in [6.45, 7) is 3.47. The van der Waals surface area contributed by atoms with Crippen LogP contribution in [0.2, 0.25) is 0 Å². The highest BCUT2D eigenvalue weighted by Gasteiger charge is 2.08. The second-order valence-electron chi connectivity index (χ2n) is 2.31. The van der Waals surface area contributed by atoms with Crippen molar-refractivity contribution in [3.63, 3.8) is 0 Å². The molecule has 0 fully saturated rings. The zero-order chi connectivity index (χ0) is 8.91. The summed E-state index contributed by atoms with van der Waals surface area (Å²) in [4.78, 5) is 0. The molecule has 0 saturated heterocycles. The lowest BCUT2D eigenvalue weighted by molar-refractivity contribution is 0.174. The van der Waals surface area contributed by atoms with Crippen molar-refractivity contribution in [3.05, 3.63) is 0 Å². The van der Waals surface area contributed by atoms with Gasteiger partial charge in [-0.25, -0.2) is 13.1 Å². The van der Waals surface area contributed by atoms with Gasteiger partial charge in [-0.2, -0.15) is 0 Å². The molecule has 0 aliphatic heterocycles. The van der Waals surface area contributed by atoms with Gasteiger partial charge in [-0.15, -0.1) is 0 Å². The molecule has 0 aromatic carbocycles. The predicted molar refractivity (Wildman–Crippen MR) is 43.8 cm³/mol. The zero-order valence-corrected chi connectivity index (χ0v) is 7.69. The van der Waals surface area contributed by atoms with Crippen LogP contribution in [0.25, 0.3) is 0 Å². The summed E-state index contributed by atoms with van der Waals surface area (Å²) >= 11 is 0. The Kier molecular flexibility index (Phi) is 4.63. The van der Waals surface area contributed by atoms with E-state index in [-0.39, 0.29) is 12.3 Å². The van der Waals surface area contributed by atoms with Crippen LogP contribution in [0.4, 0.5) is 0 Å². The fraction of sp³-hybridized carbons (Fsp3) is 1.00. The van der Waals surface area contributed by atoms with Gasteiger partial charge in [0.25, 0.3) is 0 Å². The maximum Gasteiger partial charge on any atom is 0.211 e. The van der Waals surface area contributed by atoms with Gasteiger partial charge in [0.15, 0.2) is 0 Å². The lowest BCUT2D eigenvalue weighted by Crippen LogP contribution is -2.32. The summed E-state index contributed by atoms with van der Waals surface area (Å²) in [5.74, 6) is 0.0590. The Morgan fingerprint density at radius 2 is 2.00 bits per heavy atom. The predicted octanol–water partition coefficient (Wildman–Crippen LogP) is -0.303. The summed E-state index contributed by atoms with van der Waals surface area (Å²) < 4.78 is 23.9. The quantitative estimate of drug-likeness (QED) is 0.612. The van der Waals surface area contributed by atoms with Gasteiger partial charge in [0.2, 0.25) is 10.0 Å². The Labute approximate surface area is 67.7 Å². The van der Waals surface area contributed by atoms with Crippen LogP contribution in [-0.2, 0) is 10.0 Å². The van der Waals surface area contributed by atoms with E-state index in [1.165, 1.54) is 0 Å². The Bertz CT molecular complexity index is 188. The van der Waals surface area contributed by atoms with Crippen molar-refractivity contribution >= 4 is 10.0 Å². The first-order valence-electron chi connectivity index (χ1n) is 3.67. The van der Waals surface area contributed by atoms with Crippen molar-refractivity contribution < 1.29 is 13.5 Å². The fourth-order valence-electron chi connectivity index (χ4n) is 0.470. The highest BCUT2D eigenvalue weighted by atomic mass is 32.2. The molecule has 0 amide bonds. The van der Waals surface area contributed by atoms with E-state index in [9.17, 15) is 8.42 Å². The van der Waals surface area contributed by atoms with Gasteiger partial charge in [0, 0.05) is 6.54 Å². The normalized spacial score (nSPS) is 14.8. The molecule has 11 heavy (non-hydrogen) atoms. The molecule has 0 bridgehead atoms. The summed E-state index contributed by atoms with van der Waals surface area (Å²) in [6, 6.07) is 0. The number of hydrogen-bond acceptors (Lipinski definition) is 3. The van der Waals surface area contributed by atoms with Crippen LogP contribution in [0.3, 0.4) is 0 Å². The van der Waals surface area contributed by atoms with Crippen LogP contribution < -0.4 is 4.72 Å². The number of nitrogens with one attached hydrogen (secondary N) is 1. The Balaban J connectivity index is 3.71. The van der Waals surface area contributed by atoms with E-state index >= 15 is 0 Å². The number of hydrogen-bond donors (Lipinski definition) is 2. The smallest absolute Gasteiger partial charge is 0.211 e. The topological polar surface area (TPSA) is 66.4 Å². The first-order chi connectivity index (χ1) is 5.02. The third-order valence-corrected chi connectivity index (χ3v) is 2.76. The van der Waals surface area contributed by atoms with E-state index in [1.54, 1.807) is 13.8 Å². The fourth-order valence-corrected chi connectivity index (χ4v) is 1.12. The Morgan fingerprint density at radius 1 is 1.45 bits per heavy atom. The van der Waals surface area contributed by atoms with Gasteiger partial charge >= 0.3 is 0 Å². The molecule has 4 nitrogen and oxygen atoms in total. The van der Waals surface area contributed by atoms with Crippen molar-refractivity contribution in [3.8, 4) is 0 Å². The standard InChI is InChI=1S/C6H15NO3S/c1-3-6(8)5-7-11(9,10)4-2/h6-8H,3-5H2,1-2H3. The van der Waals surface area contributed by atoms with Crippen LogP contribution in [0.1, 0.15) is 20.3 Å². The van der Waals surface area contributed by atoms with Gasteiger partial charge in [-0.3, -0.25) is 0 Å². The van der Waals surface area contributed by atoms with Gasteiger partial charge in [-0.1, -0.05) is 6.92 Å². The first-order valence-corrected chi connectivity index (χ1v) is 5.32. The third kappa shape index (κ3) is 5.17. The number of aliphatic hydroxyl groups excluding tert-OH is 1. The maximum absolute atomic E-state index is 10.8. The molecular formula is C6H15NO3S. The summed E-state index contributed by atoms with van der Waals surface area (Å²) in [7, 11) is -3.13. The van der Waals surface area contributed by atoms with E-state index in [2.05, 4.69) is 4.72 Å². The average Bonchev–Trinajstić information content (AvgIpc) is 2.00. The van der Waals surface area contributed by atoms with E-state index in [4.69, 9.17) is 5.11 Å². The van der Waals surface area contributed by atoms with Crippen molar-refractivity contribution in [1.29, 1.82) is 0 Å². The molecule has 0 radical (unpaired) electrons. The summed E-state index contributed by atoms with van der Waals surface area (Å²) in [5, 5.41) is 8.99. The Morgan fingerprint density at radius 3 is 2.36 bits per heavy atom. The van der Waals surface area contributed by atoms with Gasteiger partial charge in [0.1, 0.15) is 0 Å². The van der Waals surface area contributed by atoms with E-state index < -0.39 is 16.1 Å². The highest BCUT2D eigenvalue weighted by Crippen LogP contribution is 1.89. The van der Waals surface area contributed by atoms with Crippen LogP contribution in [0.15, 0.2) is 0 Å². The van der Waals surface area contributed by atoms with E-state index in [1.807, 2.05) is 0 Å². The molecule has 0 saturated carbocycles. The molecule has 0 rings (SSSR count). The van der Waals surface area contributed by atoms with Crippen LogP contribution >= 0.6 is 0 Å². The van der Waals surface area contributed by atoms with Gasteiger partial charge in [-0.05, 0) is 13.3 Å². The molecule has 0 spiro atoms. The van der Waals surface area contributed by atoms with Crippen molar-refractivity contribution in [2.24, 2.45) is 0 Å². The monoisotopic (exact) mass is 181 g/mol. The van der Waals surface area contributed by atoms with Gasteiger partial charge < -0.3 is 5.11 Å². The molecular weight excluding hydrogens is 166 g/mol. The third-order valence-electron chi connectivity index (χ3n) is 1.39. The molecule has 2 N–H and O–H groups in total. The zero-order valence-electron chi connectivity index (χ0n) is 6.87. The molecule has 0 aliphatic carbocycles. The number of rotatable bonds is 5. The SMILES string of the molecule is CCC(O)CNS(=O)(=O)CC. The minimum absolute atomic E-state index is 0.0590. The highest BCUT2D eigenvalue weighted by molar-refractivity contribution is 7.89. The lowest BCUT2D eigenvalue weighted by Gasteiger charge is -2.08. The van der Waals surface area contributed by atoms with Crippen LogP contribution in [0, 0.1) is 0 Å². The second-order valence-corrected chi connectivity index (χ2v) is 4.41. The van der Waals surface area contributed by atoms with Crippen molar-refractivity contribution in [1.82, 2.24) is 4.72 Å². The summed E-state index contributed by atoms with van der Waals surface area (Å²) in [6.07, 6.45) is -0.0111. The molecule has 1 atom stereocenters. The summed E-state index contributed by atoms with van der Waals surface area (Å²) in [5.41, 5.74) is 0. The molecule has 0 heterocycles. The second kappa shape index (κ2) is 4.69. The molecule has 0 aliphatic rings. The largest absolute Gasteiger partial charge is 0.392 e. The van der Waals surface area contributed by atoms with Crippen LogP contribution in [-0.4, -0.2) is 31.9 Å².